The summed E-state index contributed by atoms with van der Waals surface area (Å²) in [7, 11) is 0. The number of fused-ring (bicyclic) bond motifs is 1. The Kier molecular flexibility index (Phi) is 3.77. The smallest absolute Gasteiger partial charge is 0.433 e. The van der Waals surface area contributed by atoms with Gasteiger partial charge in [-0.15, -0.1) is 0 Å². The van der Waals surface area contributed by atoms with Gasteiger partial charge in [0, 0.05) is 18.0 Å². The molecule has 5 nitrogen and oxygen atoms in total. The summed E-state index contributed by atoms with van der Waals surface area (Å²) in [5.41, 5.74) is 5.57. The van der Waals surface area contributed by atoms with E-state index in [1.807, 2.05) is 0 Å². The van der Waals surface area contributed by atoms with Gasteiger partial charge in [0.15, 0.2) is 11.5 Å². The van der Waals surface area contributed by atoms with Gasteiger partial charge in [0.25, 0.3) is 0 Å². The number of aromatic hydroxyl groups is 1. The minimum Gasteiger partial charge on any atom is -0.502 e. The first-order valence-corrected chi connectivity index (χ1v) is 6.81. The number of benzene rings is 1. The third kappa shape index (κ3) is 3.02. The van der Waals surface area contributed by atoms with Crippen LogP contribution < -0.4 is 15.2 Å². The van der Waals surface area contributed by atoms with Crippen molar-refractivity contribution < 1.29 is 27.8 Å². The first-order valence-electron chi connectivity index (χ1n) is 6.81. The maximum atomic E-state index is 12.5. The maximum absolute atomic E-state index is 12.5. The fourth-order valence-corrected chi connectivity index (χ4v) is 2.27. The monoisotopic (exact) mass is 326 g/mol. The van der Waals surface area contributed by atoms with Gasteiger partial charge < -0.3 is 20.3 Å². The zero-order valence-electron chi connectivity index (χ0n) is 11.8. The number of hydrogen-bond donors (Lipinski definition) is 2. The van der Waals surface area contributed by atoms with Gasteiger partial charge in [0.05, 0.1) is 12.8 Å². The van der Waals surface area contributed by atoms with Gasteiger partial charge in [-0.1, -0.05) is 0 Å². The van der Waals surface area contributed by atoms with E-state index in [-0.39, 0.29) is 29.0 Å². The van der Waals surface area contributed by atoms with Crippen molar-refractivity contribution in [1.82, 2.24) is 4.98 Å². The molecule has 122 valence electrons. The van der Waals surface area contributed by atoms with E-state index in [4.69, 9.17) is 15.2 Å². The first kappa shape index (κ1) is 15.4. The highest BCUT2D eigenvalue weighted by molar-refractivity contribution is 5.57. The second-order valence-corrected chi connectivity index (χ2v) is 5.05. The Labute approximate surface area is 129 Å². The zero-order chi connectivity index (χ0) is 16.6. The zero-order valence-corrected chi connectivity index (χ0v) is 11.8. The molecule has 0 fully saturated rings. The van der Waals surface area contributed by atoms with Crippen LogP contribution in [0, 0.1) is 0 Å². The van der Waals surface area contributed by atoms with E-state index >= 15 is 0 Å². The molecule has 1 aliphatic rings. The number of aromatic nitrogens is 1. The summed E-state index contributed by atoms with van der Waals surface area (Å²) in [4.78, 5) is 3.29. The van der Waals surface area contributed by atoms with Gasteiger partial charge in [-0.05, 0) is 24.3 Å². The molecule has 1 unspecified atom stereocenters. The maximum Gasteiger partial charge on any atom is 0.433 e. The van der Waals surface area contributed by atoms with Crippen LogP contribution in [0.25, 0.3) is 0 Å². The highest BCUT2D eigenvalue weighted by Crippen LogP contribution is 2.45. The van der Waals surface area contributed by atoms with Crippen LogP contribution in [0.15, 0.2) is 30.5 Å². The third-order valence-corrected chi connectivity index (χ3v) is 3.45. The summed E-state index contributed by atoms with van der Waals surface area (Å²) in [5, 5.41) is 10.2. The molecule has 1 aliphatic heterocycles. The van der Waals surface area contributed by atoms with Crippen LogP contribution >= 0.6 is 0 Å². The predicted molar refractivity (Wildman–Crippen MR) is 74.5 cm³/mol. The van der Waals surface area contributed by atoms with Crippen LogP contribution in [-0.2, 0) is 6.18 Å². The Balaban J connectivity index is 1.86. The molecule has 0 aliphatic carbocycles. The molecule has 0 bridgehead atoms. The first-order chi connectivity index (χ1) is 10.9. The molecule has 1 atom stereocenters. The van der Waals surface area contributed by atoms with Gasteiger partial charge in [-0.3, -0.25) is 0 Å². The van der Waals surface area contributed by atoms with Crippen molar-refractivity contribution in [3.63, 3.8) is 0 Å². The van der Waals surface area contributed by atoms with Crippen molar-refractivity contribution in [2.75, 3.05) is 6.61 Å². The lowest BCUT2D eigenvalue weighted by molar-refractivity contribution is -0.141. The number of phenols is 1. The average Bonchev–Trinajstić information content (AvgIpc) is 2.50. The SMILES string of the molecule is NC1CCOc2c1ccc(Oc1ccc(C(F)(F)F)nc1)c2O. The van der Waals surface area contributed by atoms with Gasteiger partial charge >= 0.3 is 6.18 Å². The topological polar surface area (TPSA) is 77.6 Å². The van der Waals surface area contributed by atoms with Gasteiger partial charge in [-0.2, -0.15) is 13.2 Å². The van der Waals surface area contributed by atoms with E-state index in [0.717, 1.165) is 18.3 Å². The number of nitrogens with zero attached hydrogens (tertiary/aromatic N) is 1. The molecule has 2 aromatic rings. The number of halogens is 3. The van der Waals surface area contributed by atoms with E-state index < -0.39 is 11.9 Å². The standard InChI is InChI=1S/C15H13F3N2O3/c16-15(17,18)12-4-1-8(7-20-12)23-11-3-2-9-10(19)5-6-22-14(9)13(11)21/h1-4,7,10,21H,5-6,19H2. The van der Waals surface area contributed by atoms with Gasteiger partial charge in [0.1, 0.15) is 11.4 Å². The number of pyridine rings is 1. The number of ether oxygens (including phenoxy) is 2. The summed E-state index contributed by atoms with van der Waals surface area (Å²) in [6.45, 7) is 0.368. The Morgan fingerprint density at radius 1 is 1.26 bits per heavy atom. The largest absolute Gasteiger partial charge is 0.502 e. The summed E-state index contributed by atoms with van der Waals surface area (Å²) < 4.78 is 48.2. The summed E-state index contributed by atoms with van der Waals surface area (Å²) >= 11 is 0. The molecule has 0 spiro atoms. The van der Waals surface area contributed by atoms with Crippen molar-refractivity contribution in [3.05, 3.63) is 41.7 Å². The van der Waals surface area contributed by atoms with E-state index in [1.165, 1.54) is 6.07 Å². The number of alkyl halides is 3. The Morgan fingerprint density at radius 3 is 2.70 bits per heavy atom. The molecule has 0 saturated carbocycles. The number of hydrogen-bond acceptors (Lipinski definition) is 5. The molecule has 23 heavy (non-hydrogen) atoms. The molecule has 3 N–H and O–H groups in total. The molecular weight excluding hydrogens is 313 g/mol. The van der Waals surface area contributed by atoms with Crippen LogP contribution in [0.2, 0.25) is 0 Å². The van der Waals surface area contributed by atoms with Crippen LogP contribution in [0.3, 0.4) is 0 Å². The summed E-state index contributed by atoms with van der Waals surface area (Å²) in [6.07, 6.45) is -2.94. The molecule has 1 aromatic carbocycles. The second-order valence-electron chi connectivity index (χ2n) is 5.05. The van der Waals surface area contributed by atoms with Crippen molar-refractivity contribution in [1.29, 1.82) is 0 Å². The predicted octanol–water partition coefficient (Wildman–Crippen LogP) is 3.38. The number of nitrogens with two attached hydrogens (primary N) is 1. The fourth-order valence-electron chi connectivity index (χ4n) is 2.27. The lowest BCUT2D eigenvalue weighted by Gasteiger charge is -2.24. The second kappa shape index (κ2) is 5.62. The highest BCUT2D eigenvalue weighted by Gasteiger charge is 2.32. The molecule has 1 aromatic heterocycles. The van der Waals surface area contributed by atoms with Crippen molar-refractivity contribution >= 4 is 0 Å². The molecule has 3 rings (SSSR count). The normalized spacial score (nSPS) is 17.3. The Hall–Kier alpha value is -2.48. The van der Waals surface area contributed by atoms with Crippen LogP contribution in [0.5, 0.6) is 23.0 Å². The Bertz CT molecular complexity index is 717. The van der Waals surface area contributed by atoms with E-state index in [0.29, 0.717) is 18.6 Å². The van der Waals surface area contributed by atoms with Crippen molar-refractivity contribution in [3.8, 4) is 23.0 Å². The fraction of sp³-hybridized carbons (Fsp3) is 0.267. The van der Waals surface area contributed by atoms with Crippen LogP contribution in [-0.4, -0.2) is 16.7 Å². The van der Waals surface area contributed by atoms with E-state index in [2.05, 4.69) is 4.98 Å². The Morgan fingerprint density at radius 2 is 2.04 bits per heavy atom. The van der Waals surface area contributed by atoms with Gasteiger partial charge in [0.2, 0.25) is 5.75 Å². The van der Waals surface area contributed by atoms with Crippen LogP contribution in [0.4, 0.5) is 13.2 Å². The number of rotatable bonds is 2. The number of phenolic OH excluding ortho intramolecular Hbond substituents is 1. The lowest BCUT2D eigenvalue weighted by atomic mass is 10.0. The van der Waals surface area contributed by atoms with Crippen molar-refractivity contribution in [2.45, 2.75) is 18.6 Å². The van der Waals surface area contributed by atoms with Gasteiger partial charge in [-0.25, -0.2) is 4.98 Å². The van der Waals surface area contributed by atoms with E-state index in [1.54, 1.807) is 6.07 Å². The molecule has 0 saturated heterocycles. The summed E-state index contributed by atoms with van der Waals surface area (Å²) in [5.74, 6) is 0.117. The third-order valence-electron chi connectivity index (χ3n) is 3.45. The molecule has 0 amide bonds. The minimum absolute atomic E-state index is 0.0550. The molecule has 2 heterocycles. The lowest BCUT2D eigenvalue weighted by Crippen LogP contribution is -2.20. The minimum atomic E-state index is -4.52. The molecular formula is C15H13F3N2O3. The highest BCUT2D eigenvalue weighted by atomic mass is 19.4. The summed E-state index contributed by atoms with van der Waals surface area (Å²) in [6, 6.07) is 4.83. The van der Waals surface area contributed by atoms with Crippen molar-refractivity contribution in [2.24, 2.45) is 5.73 Å². The quantitative estimate of drug-likeness (QED) is 0.884. The van der Waals surface area contributed by atoms with Crippen LogP contribution in [0.1, 0.15) is 23.7 Å². The molecule has 0 radical (unpaired) electrons. The van der Waals surface area contributed by atoms with E-state index in [9.17, 15) is 18.3 Å². The molecule has 8 heteroatoms. The average molecular weight is 326 g/mol.